The van der Waals surface area contributed by atoms with Crippen molar-refractivity contribution in [1.82, 2.24) is 5.32 Å². The molecule has 2 N–H and O–H groups in total. The van der Waals surface area contributed by atoms with E-state index in [4.69, 9.17) is 5.11 Å². The van der Waals surface area contributed by atoms with Crippen molar-refractivity contribution in [2.45, 2.75) is 40.7 Å². The van der Waals surface area contributed by atoms with Crippen LogP contribution in [0.5, 0.6) is 0 Å². The summed E-state index contributed by atoms with van der Waals surface area (Å²) >= 11 is 0. The molecule has 1 aromatic rings. The molecule has 1 aromatic carbocycles. The molecular formula is C15H23NO2. The first-order chi connectivity index (χ1) is 8.43. The van der Waals surface area contributed by atoms with E-state index in [-0.39, 0.29) is 5.92 Å². The highest BCUT2D eigenvalue weighted by Gasteiger charge is 2.09. The topological polar surface area (TPSA) is 49.3 Å². The Labute approximate surface area is 109 Å². The maximum atomic E-state index is 10.7. The highest BCUT2D eigenvalue weighted by atomic mass is 16.4. The molecule has 0 aliphatic heterocycles. The fraction of sp³-hybridized carbons (Fsp3) is 0.533. The van der Waals surface area contributed by atoms with E-state index in [0.717, 1.165) is 13.1 Å². The molecule has 0 fully saturated rings. The molecule has 3 heteroatoms. The van der Waals surface area contributed by atoms with Crippen molar-refractivity contribution in [3.63, 3.8) is 0 Å². The van der Waals surface area contributed by atoms with Gasteiger partial charge in [-0.25, -0.2) is 0 Å². The Hall–Kier alpha value is -1.35. The molecule has 0 saturated heterocycles. The van der Waals surface area contributed by atoms with Gasteiger partial charge in [0.25, 0.3) is 0 Å². The third-order valence-electron chi connectivity index (χ3n) is 3.66. The van der Waals surface area contributed by atoms with Gasteiger partial charge >= 0.3 is 5.97 Å². The fourth-order valence-electron chi connectivity index (χ4n) is 1.87. The monoisotopic (exact) mass is 249 g/mol. The maximum absolute atomic E-state index is 10.7. The van der Waals surface area contributed by atoms with E-state index >= 15 is 0 Å². The Morgan fingerprint density at radius 1 is 1.28 bits per heavy atom. The van der Waals surface area contributed by atoms with Crippen molar-refractivity contribution in [3.8, 4) is 0 Å². The second-order valence-electron chi connectivity index (χ2n) is 5.00. The number of rotatable bonds is 6. The van der Waals surface area contributed by atoms with Crippen LogP contribution in [0.15, 0.2) is 12.1 Å². The van der Waals surface area contributed by atoms with Gasteiger partial charge in [0.2, 0.25) is 0 Å². The van der Waals surface area contributed by atoms with Gasteiger partial charge in [0, 0.05) is 6.54 Å². The number of carbonyl (C=O) groups is 1. The zero-order valence-corrected chi connectivity index (χ0v) is 11.7. The van der Waals surface area contributed by atoms with E-state index in [1.165, 1.54) is 22.3 Å². The number of nitrogens with one attached hydrogen (secondary N) is 1. The van der Waals surface area contributed by atoms with Crippen molar-refractivity contribution >= 4 is 5.97 Å². The van der Waals surface area contributed by atoms with Crippen LogP contribution < -0.4 is 5.32 Å². The van der Waals surface area contributed by atoms with Crippen LogP contribution in [0, 0.1) is 26.7 Å². The van der Waals surface area contributed by atoms with Crippen LogP contribution in [0.1, 0.15) is 35.6 Å². The average Bonchev–Trinajstić information content (AvgIpc) is 2.33. The van der Waals surface area contributed by atoms with Crippen LogP contribution >= 0.6 is 0 Å². The predicted octanol–water partition coefficient (Wildman–Crippen LogP) is 2.81. The van der Waals surface area contributed by atoms with E-state index in [2.05, 4.69) is 38.2 Å². The van der Waals surface area contributed by atoms with Crippen LogP contribution in [0.25, 0.3) is 0 Å². The van der Waals surface area contributed by atoms with Gasteiger partial charge < -0.3 is 10.4 Å². The summed E-state index contributed by atoms with van der Waals surface area (Å²) in [7, 11) is 0. The minimum absolute atomic E-state index is 0.279. The van der Waals surface area contributed by atoms with E-state index in [9.17, 15) is 4.79 Å². The Morgan fingerprint density at radius 2 is 1.94 bits per heavy atom. The number of carboxylic acids is 1. The first-order valence-corrected chi connectivity index (χ1v) is 6.42. The Balaban J connectivity index is 2.45. The van der Waals surface area contributed by atoms with Crippen molar-refractivity contribution in [1.29, 1.82) is 0 Å². The Bertz CT molecular complexity index is 427. The van der Waals surface area contributed by atoms with E-state index in [0.29, 0.717) is 6.42 Å². The predicted molar refractivity (Wildman–Crippen MR) is 73.8 cm³/mol. The molecule has 0 bridgehead atoms. The number of aryl methyl sites for hydroxylation is 1. The van der Waals surface area contributed by atoms with E-state index in [1.807, 2.05) is 0 Å². The standard InChI is InChI=1S/C15H23NO2/c1-10-5-6-14(13(4)12(10)3)9-16-8-7-11(2)15(17)18/h5-6,11,16H,7-9H2,1-4H3,(H,17,18). The third-order valence-corrected chi connectivity index (χ3v) is 3.66. The summed E-state index contributed by atoms with van der Waals surface area (Å²) in [5, 5.41) is 12.1. The Kier molecular flexibility index (Phi) is 5.35. The molecule has 1 atom stereocenters. The van der Waals surface area contributed by atoms with Gasteiger partial charge in [-0.2, -0.15) is 0 Å². The molecule has 0 radical (unpaired) electrons. The van der Waals surface area contributed by atoms with E-state index in [1.54, 1.807) is 6.92 Å². The fourth-order valence-corrected chi connectivity index (χ4v) is 1.87. The van der Waals surface area contributed by atoms with Crippen LogP contribution in [-0.4, -0.2) is 17.6 Å². The zero-order chi connectivity index (χ0) is 13.7. The first-order valence-electron chi connectivity index (χ1n) is 6.42. The lowest BCUT2D eigenvalue weighted by Crippen LogP contribution is -2.20. The van der Waals surface area contributed by atoms with Crippen molar-refractivity contribution in [3.05, 3.63) is 34.4 Å². The first kappa shape index (κ1) is 14.7. The van der Waals surface area contributed by atoms with Gasteiger partial charge in [-0.05, 0) is 56.0 Å². The number of hydrogen-bond donors (Lipinski definition) is 2. The second kappa shape index (κ2) is 6.55. The summed E-state index contributed by atoms with van der Waals surface area (Å²) in [6.45, 7) is 9.68. The lowest BCUT2D eigenvalue weighted by atomic mass is 9.99. The average molecular weight is 249 g/mol. The van der Waals surface area contributed by atoms with Gasteiger partial charge in [-0.1, -0.05) is 19.1 Å². The lowest BCUT2D eigenvalue weighted by Gasteiger charge is -2.12. The normalized spacial score (nSPS) is 12.4. The molecule has 0 aliphatic rings. The summed E-state index contributed by atoms with van der Waals surface area (Å²) in [5.74, 6) is -1.00. The summed E-state index contributed by atoms with van der Waals surface area (Å²) in [5.41, 5.74) is 5.28. The molecule has 1 rings (SSSR count). The van der Waals surface area contributed by atoms with Gasteiger partial charge in [0.15, 0.2) is 0 Å². The summed E-state index contributed by atoms with van der Waals surface area (Å²) in [4.78, 5) is 10.7. The van der Waals surface area contributed by atoms with Gasteiger partial charge in [0.05, 0.1) is 5.92 Å². The summed E-state index contributed by atoms with van der Waals surface area (Å²) in [6, 6.07) is 4.28. The van der Waals surface area contributed by atoms with Crippen LogP contribution in [0.3, 0.4) is 0 Å². The molecule has 0 aromatic heterocycles. The maximum Gasteiger partial charge on any atom is 0.306 e. The quantitative estimate of drug-likeness (QED) is 0.762. The van der Waals surface area contributed by atoms with E-state index < -0.39 is 5.97 Å². The highest BCUT2D eigenvalue weighted by molar-refractivity contribution is 5.69. The van der Waals surface area contributed by atoms with Crippen molar-refractivity contribution in [2.75, 3.05) is 6.54 Å². The third kappa shape index (κ3) is 3.84. The molecule has 0 saturated carbocycles. The number of carboxylic acid groups (broad SMARTS) is 1. The zero-order valence-electron chi connectivity index (χ0n) is 11.7. The van der Waals surface area contributed by atoms with Crippen LogP contribution in [0.2, 0.25) is 0 Å². The van der Waals surface area contributed by atoms with Crippen molar-refractivity contribution < 1.29 is 9.90 Å². The lowest BCUT2D eigenvalue weighted by molar-refractivity contribution is -0.141. The molecule has 0 aliphatic carbocycles. The molecule has 0 amide bonds. The minimum Gasteiger partial charge on any atom is -0.481 e. The Morgan fingerprint density at radius 3 is 2.56 bits per heavy atom. The molecule has 100 valence electrons. The van der Waals surface area contributed by atoms with Gasteiger partial charge in [-0.15, -0.1) is 0 Å². The van der Waals surface area contributed by atoms with Gasteiger partial charge in [0.1, 0.15) is 0 Å². The smallest absolute Gasteiger partial charge is 0.306 e. The van der Waals surface area contributed by atoms with Gasteiger partial charge in [-0.3, -0.25) is 4.79 Å². The number of benzene rings is 1. The number of aliphatic carboxylic acids is 1. The van der Waals surface area contributed by atoms with Crippen LogP contribution in [-0.2, 0) is 11.3 Å². The molecule has 0 spiro atoms. The van der Waals surface area contributed by atoms with Crippen LogP contribution in [0.4, 0.5) is 0 Å². The van der Waals surface area contributed by atoms with Crippen molar-refractivity contribution in [2.24, 2.45) is 5.92 Å². The molecule has 3 nitrogen and oxygen atoms in total. The largest absolute Gasteiger partial charge is 0.481 e. The summed E-state index contributed by atoms with van der Waals surface area (Å²) < 4.78 is 0. The molecule has 0 heterocycles. The number of hydrogen-bond acceptors (Lipinski definition) is 2. The second-order valence-corrected chi connectivity index (χ2v) is 5.00. The minimum atomic E-state index is -0.723. The highest BCUT2D eigenvalue weighted by Crippen LogP contribution is 2.16. The molecular weight excluding hydrogens is 226 g/mol. The molecule has 1 unspecified atom stereocenters. The molecule has 18 heavy (non-hydrogen) atoms. The SMILES string of the molecule is Cc1ccc(CNCCC(C)C(=O)O)c(C)c1C. The summed E-state index contributed by atoms with van der Waals surface area (Å²) in [6.07, 6.45) is 0.666.